The van der Waals surface area contributed by atoms with Crippen molar-refractivity contribution in [2.45, 2.75) is 19.4 Å². The lowest BCUT2D eigenvalue weighted by Crippen LogP contribution is -2.32. The Balaban J connectivity index is 2.82. The van der Waals surface area contributed by atoms with E-state index in [1.807, 2.05) is 0 Å². The summed E-state index contributed by atoms with van der Waals surface area (Å²) >= 11 is 0. The van der Waals surface area contributed by atoms with Crippen molar-refractivity contribution in [3.05, 3.63) is 0 Å². The summed E-state index contributed by atoms with van der Waals surface area (Å²) < 4.78 is 0. The molecule has 1 amide bonds. The number of nitrogens with one attached hydrogen (secondary N) is 1. The molecule has 0 aliphatic carbocycles. The van der Waals surface area contributed by atoms with Crippen molar-refractivity contribution in [1.82, 2.24) is 5.32 Å². The number of nitrogens with zero attached hydrogens (tertiary/aromatic N) is 1. The molecule has 0 atom stereocenters. The van der Waals surface area contributed by atoms with E-state index >= 15 is 0 Å². The number of hydrogen-bond acceptors (Lipinski definition) is 2. The number of rotatable bonds is 0. The molecular formula is C5H7N2O. The van der Waals surface area contributed by atoms with Gasteiger partial charge in [-0.05, 0) is 13.8 Å². The van der Waals surface area contributed by atoms with E-state index in [4.69, 9.17) is 0 Å². The molecule has 0 aromatic heterocycles. The normalized spacial score (nSPS) is 23.5. The van der Waals surface area contributed by atoms with Crippen LogP contribution >= 0.6 is 0 Å². The van der Waals surface area contributed by atoms with Gasteiger partial charge in [-0.2, -0.15) is 0 Å². The fourth-order valence-electron chi connectivity index (χ4n) is 0.422. The number of hydrogen-bond donors (Lipinski definition) is 1. The van der Waals surface area contributed by atoms with Crippen LogP contribution in [0.5, 0.6) is 0 Å². The van der Waals surface area contributed by atoms with Gasteiger partial charge < -0.3 is 5.32 Å². The van der Waals surface area contributed by atoms with E-state index in [0.29, 0.717) is 0 Å². The molecule has 1 aliphatic rings. The van der Waals surface area contributed by atoms with Gasteiger partial charge in [0.1, 0.15) is 5.54 Å². The molecule has 3 nitrogen and oxygen atoms in total. The van der Waals surface area contributed by atoms with Crippen molar-refractivity contribution < 1.29 is 4.79 Å². The zero-order chi connectivity index (χ0) is 6.20. The predicted molar refractivity (Wildman–Crippen MR) is 29.7 cm³/mol. The fraction of sp³-hybridized carbons (Fsp3) is 0.600. The van der Waals surface area contributed by atoms with E-state index in [-0.39, 0.29) is 5.91 Å². The van der Waals surface area contributed by atoms with E-state index in [1.54, 1.807) is 13.8 Å². The summed E-state index contributed by atoms with van der Waals surface area (Å²) in [4.78, 5) is 14.4. The minimum Gasteiger partial charge on any atom is -0.306 e. The molecule has 1 aliphatic heterocycles. The molecule has 1 radical (unpaired) electrons. The average molecular weight is 111 g/mol. The zero-order valence-electron chi connectivity index (χ0n) is 4.86. The second kappa shape index (κ2) is 1.31. The summed E-state index contributed by atoms with van der Waals surface area (Å²) in [6.07, 6.45) is 2.39. The summed E-state index contributed by atoms with van der Waals surface area (Å²) in [5, 5.41) is 2.35. The Bertz CT molecular complexity index is 149. The Morgan fingerprint density at radius 3 is 2.50 bits per heavy atom. The standard InChI is InChI=1S/C5H7N2O/c1-5(2)4(8)6-3-7-5/h1-2H3,(H,6,7,8). The molecule has 1 heterocycles. The van der Waals surface area contributed by atoms with Crippen LogP contribution in [0.2, 0.25) is 0 Å². The van der Waals surface area contributed by atoms with Gasteiger partial charge in [0.05, 0.1) is 0 Å². The van der Waals surface area contributed by atoms with E-state index < -0.39 is 5.54 Å². The second-order valence-corrected chi connectivity index (χ2v) is 2.24. The Morgan fingerprint density at radius 2 is 2.38 bits per heavy atom. The highest BCUT2D eigenvalue weighted by molar-refractivity contribution is 5.99. The first-order valence-corrected chi connectivity index (χ1v) is 2.40. The molecule has 43 valence electrons. The second-order valence-electron chi connectivity index (χ2n) is 2.24. The van der Waals surface area contributed by atoms with Gasteiger partial charge in [-0.1, -0.05) is 0 Å². The summed E-state index contributed by atoms with van der Waals surface area (Å²) in [6.45, 7) is 3.48. The molecule has 0 bridgehead atoms. The van der Waals surface area contributed by atoms with Gasteiger partial charge >= 0.3 is 0 Å². The molecule has 0 aromatic carbocycles. The molecule has 0 fully saturated rings. The molecular weight excluding hydrogens is 104 g/mol. The van der Waals surface area contributed by atoms with E-state index in [2.05, 4.69) is 16.6 Å². The third-order valence-corrected chi connectivity index (χ3v) is 1.06. The van der Waals surface area contributed by atoms with Crippen molar-refractivity contribution in [1.29, 1.82) is 0 Å². The maximum absolute atomic E-state index is 10.6. The van der Waals surface area contributed by atoms with Gasteiger partial charge in [0.2, 0.25) is 0 Å². The van der Waals surface area contributed by atoms with Crippen LogP contribution in [0, 0.1) is 0 Å². The third-order valence-electron chi connectivity index (χ3n) is 1.06. The molecule has 0 saturated carbocycles. The SMILES string of the molecule is CC1(C)N=[C]NC1=O. The molecule has 0 spiro atoms. The maximum atomic E-state index is 10.6. The smallest absolute Gasteiger partial charge is 0.253 e. The lowest BCUT2D eigenvalue weighted by Gasteiger charge is -2.07. The van der Waals surface area contributed by atoms with Gasteiger partial charge in [0, 0.05) is 0 Å². The summed E-state index contributed by atoms with van der Waals surface area (Å²) in [5.41, 5.74) is -0.583. The summed E-state index contributed by atoms with van der Waals surface area (Å²) in [7, 11) is 0. The van der Waals surface area contributed by atoms with Gasteiger partial charge in [-0.3, -0.25) is 4.79 Å². The molecule has 8 heavy (non-hydrogen) atoms. The van der Waals surface area contributed by atoms with Crippen molar-refractivity contribution >= 4 is 12.2 Å². The highest BCUT2D eigenvalue weighted by Gasteiger charge is 2.29. The van der Waals surface area contributed by atoms with E-state index in [9.17, 15) is 4.79 Å². The van der Waals surface area contributed by atoms with Gasteiger partial charge in [-0.25, -0.2) is 4.99 Å². The summed E-state index contributed by atoms with van der Waals surface area (Å²) in [6, 6.07) is 0. The number of amides is 1. The van der Waals surface area contributed by atoms with Crippen LogP contribution < -0.4 is 5.32 Å². The molecule has 1 N–H and O–H groups in total. The van der Waals surface area contributed by atoms with Crippen molar-refractivity contribution in [3.63, 3.8) is 0 Å². The number of carbonyl (C=O) groups excluding carboxylic acids is 1. The van der Waals surface area contributed by atoms with Crippen LogP contribution in [0.3, 0.4) is 0 Å². The van der Waals surface area contributed by atoms with Gasteiger partial charge in [0.15, 0.2) is 6.34 Å². The molecule has 0 unspecified atom stereocenters. The quantitative estimate of drug-likeness (QED) is 0.462. The first-order chi connectivity index (χ1) is 3.63. The lowest BCUT2D eigenvalue weighted by molar-refractivity contribution is -0.122. The first kappa shape index (κ1) is 5.28. The number of aliphatic imine (C=N–C) groups is 1. The fourth-order valence-corrected chi connectivity index (χ4v) is 0.422. The highest BCUT2D eigenvalue weighted by Crippen LogP contribution is 2.10. The minimum absolute atomic E-state index is 0.0856. The average Bonchev–Trinajstić information content (AvgIpc) is 1.86. The lowest BCUT2D eigenvalue weighted by atomic mass is 10.1. The monoisotopic (exact) mass is 111 g/mol. The van der Waals surface area contributed by atoms with Crippen LogP contribution in [0.15, 0.2) is 4.99 Å². The number of carbonyl (C=O) groups is 1. The molecule has 3 heteroatoms. The molecule has 0 saturated heterocycles. The van der Waals surface area contributed by atoms with Crippen molar-refractivity contribution in [2.24, 2.45) is 4.99 Å². The van der Waals surface area contributed by atoms with Crippen LogP contribution in [-0.2, 0) is 4.79 Å². The van der Waals surface area contributed by atoms with Crippen LogP contribution in [0.4, 0.5) is 0 Å². The Hall–Kier alpha value is -0.860. The minimum atomic E-state index is -0.583. The largest absolute Gasteiger partial charge is 0.306 e. The van der Waals surface area contributed by atoms with Crippen LogP contribution in [-0.4, -0.2) is 17.8 Å². The topological polar surface area (TPSA) is 41.5 Å². The predicted octanol–water partition coefficient (Wildman–Crippen LogP) is -0.200. The highest BCUT2D eigenvalue weighted by atomic mass is 16.2. The van der Waals surface area contributed by atoms with Crippen molar-refractivity contribution in [3.8, 4) is 0 Å². The summed E-state index contributed by atoms with van der Waals surface area (Å²) in [5.74, 6) is -0.0856. The van der Waals surface area contributed by atoms with Crippen molar-refractivity contribution in [2.75, 3.05) is 0 Å². The Labute approximate surface area is 47.8 Å². The van der Waals surface area contributed by atoms with Crippen LogP contribution in [0.1, 0.15) is 13.8 Å². The molecule has 1 rings (SSSR count). The van der Waals surface area contributed by atoms with Gasteiger partial charge in [-0.15, -0.1) is 0 Å². The third kappa shape index (κ3) is 0.598. The zero-order valence-corrected chi connectivity index (χ0v) is 4.86. The van der Waals surface area contributed by atoms with E-state index in [1.165, 1.54) is 0 Å². The molecule has 0 aromatic rings. The first-order valence-electron chi connectivity index (χ1n) is 2.40. The van der Waals surface area contributed by atoms with Crippen LogP contribution in [0.25, 0.3) is 0 Å². The Morgan fingerprint density at radius 1 is 1.75 bits per heavy atom. The van der Waals surface area contributed by atoms with E-state index in [0.717, 1.165) is 0 Å². The maximum Gasteiger partial charge on any atom is 0.253 e. The Kier molecular flexibility index (Phi) is 0.863. The van der Waals surface area contributed by atoms with Gasteiger partial charge in [0.25, 0.3) is 5.91 Å².